The van der Waals surface area contributed by atoms with E-state index in [2.05, 4.69) is 10.5 Å². The summed E-state index contributed by atoms with van der Waals surface area (Å²) in [5.41, 5.74) is 3.96. The average molecular weight is 499 g/mol. The van der Waals surface area contributed by atoms with Crippen molar-refractivity contribution < 1.29 is 14.1 Å². The number of nitrogens with one attached hydrogen (secondary N) is 1. The summed E-state index contributed by atoms with van der Waals surface area (Å²) >= 11 is 1.65. The maximum absolute atomic E-state index is 13.4. The molecule has 0 aliphatic carbocycles. The zero-order chi connectivity index (χ0) is 25.1. The molecular weight excluding hydrogens is 472 g/mol. The van der Waals surface area contributed by atoms with Crippen molar-refractivity contribution in [3.8, 4) is 17.1 Å². The number of aromatic nitrogens is 2. The first kappa shape index (κ1) is 23.7. The van der Waals surface area contributed by atoms with Gasteiger partial charge in [0, 0.05) is 16.2 Å². The standard InChI is InChI=1S/C28H26N4O3S/c1-4-34-22-14-10-19(11-15-22)25-24(27-30-26(31-35-27)20-8-6-5-7-9-20)18(2)32(28(33)29-25)21-12-16-23(36-3)17-13-21/h5-17,25H,4H2,1-3H3,(H,29,33). The van der Waals surface area contributed by atoms with Crippen LogP contribution in [-0.4, -0.2) is 29.0 Å². The zero-order valence-corrected chi connectivity index (χ0v) is 21.1. The minimum absolute atomic E-state index is 0.227. The first-order valence-corrected chi connectivity index (χ1v) is 12.9. The van der Waals surface area contributed by atoms with Crippen molar-refractivity contribution in [1.29, 1.82) is 0 Å². The fourth-order valence-electron chi connectivity index (χ4n) is 4.27. The largest absolute Gasteiger partial charge is 0.494 e. The van der Waals surface area contributed by atoms with Gasteiger partial charge in [0.25, 0.3) is 5.89 Å². The molecule has 2 amide bonds. The smallest absolute Gasteiger partial charge is 0.326 e. The molecule has 0 radical (unpaired) electrons. The molecule has 0 saturated carbocycles. The summed E-state index contributed by atoms with van der Waals surface area (Å²) < 4.78 is 11.4. The lowest BCUT2D eigenvalue weighted by Crippen LogP contribution is -2.46. The predicted molar refractivity (Wildman–Crippen MR) is 142 cm³/mol. The maximum atomic E-state index is 13.4. The first-order valence-electron chi connectivity index (χ1n) is 11.7. The van der Waals surface area contributed by atoms with Gasteiger partial charge >= 0.3 is 6.03 Å². The van der Waals surface area contributed by atoms with Crippen LogP contribution in [-0.2, 0) is 0 Å². The van der Waals surface area contributed by atoms with Gasteiger partial charge in [-0.25, -0.2) is 4.79 Å². The molecule has 1 unspecified atom stereocenters. The van der Waals surface area contributed by atoms with E-state index >= 15 is 0 Å². The number of hydrogen-bond acceptors (Lipinski definition) is 6. The molecule has 0 spiro atoms. The summed E-state index contributed by atoms with van der Waals surface area (Å²) in [4.78, 5) is 20.9. The highest BCUT2D eigenvalue weighted by Crippen LogP contribution is 2.39. The highest BCUT2D eigenvalue weighted by molar-refractivity contribution is 7.98. The number of urea groups is 1. The minimum Gasteiger partial charge on any atom is -0.494 e. The van der Waals surface area contributed by atoms with Crippen molar-refractivity contribution in [2.75, 3.05) is 17.8 Å². The molecule has 1 N–H and O–H groups in total. The van der Waals surface area contributed by atoms with Gasteiger partial charge in [-0.3, -0.25) is 4.90 Å². The van der Waals surface area contributed by atoms with Crippen molar-refractivity contribution in [3.05, 3.63) is 96.0 Å². The molecule has 0 bridgehead atoms. The van der Waals surface area contributed by atoms with Crippen LogP contribution in [0.1, 0.15) is 31.3 Å². The number of rotatable bonds is 7. The third-order valence-corrected chi connectivity index (χ3v) is 6.77. The number of thioether (sulfide) groups is 1. The number of allylic oxidation sites excluding steroid dienone is 1. The van der Waals surface area contributed by atoms with Crippen LogP contribution >= 0.6 is 11.8 Å². The summed E-state index contributed by atoms with van der Waals surface area (Å²) in [5, 5.41) is 7.37. The Bertz CT molecular complexity index is 1380. The van der Waals surface area contributed by atoms with Crippen LogP contribution in [0.25, 0.3) is 17.0 Å². The fraction of sp³-hybridized carbons (Fsp3) is 0.179. The molecule has 0 fully saturated rings. The molecule has 8 heteroatoms. The number of anilines is 1. The van der Waals surface area contributed by atoms with Crippen molar-refractivity contribution >= 4 is 29.1 Å². The van der Waals surface area contributed by atoms with E-state index in [-0.39, 0.29) is 6.03 Å². The second-order valence-electron chi connectivity index (χ2n) is 8.21. The van der Waals surface area contributed by atoms with Crippen molar-refractivity contribution in [3.63, 3.8) is 0 Å². The molecule has 1 aliphatic heterocycles. The number of carbonyl (C=O) groups is 1. The lowest BCUT2D eigenvalue weighted by Gasteiger charge is -2.35. The van der Waals surface area contributed by atoms with Crippen LogP contribution in [0.3, 0.4) is 0 Å². The summed E-state index contributed by atoms with van der Waals surface area (Å²) in [6.45, 7) is 4.43. The van der Waals surface area contributed by atoms with Gasteiger partial charge in [0.1, 0.15) is 5.75 Å². The number of benzene rings is 3. The van der Waals surface area contributed by atoms with Gasteiger partial charge in [0.05, 0.1) is 23.9 Å². The van der Waals surface area contributed by atoms with Gasteiger partial charge in [-0.05, 0) is 62.1 Å². The number of carbonyl (C=O) groups excluding carboxylic acids is 1. The van der Waals surface area contributed by atoms with Gasteiger partial charge in [0.2, 0.25) is 5.82 Å². The second-order valence-corrected chi connectivity index (χ2v) is 9.09. The SMILES string of the molecule is CCOc1ccc(C2NC(=O)N(c3ccc(SC)cc3)C(C)=C2c2nc(-c3ccccc3)no2)cc1. The van der Waals surface area contributed by atoms with E-state index in [0.29, 0.717) is 18.3 Å². The molecular formula is C28H26N4O3S. The normalized spacial score (nSPS) is 15.7. The lowest BCUT2D eigenvalue weighted by atomic mass is 9.94. The minimum atomic E-state index is -0.473. The Morgan fingerprint density at radius 2 is 1.75 bits per heavy atom. The van der Waals surface area contributed by atoms with Crippen LogP contribution < -0.4 is 15.0 Å². The first-order chi connectivity index (χ1) is 17.6. The molecule has 1 atom stereocenters. The van der Waals surface area contributed by atoms with Crippen LogP contribution in [0, 0.1) is 0 Å². The summed E-state index contributed by atoms with van der Waals surface area (Å²) in [6.07, 6.45) is 2.02. The molecule has 3 aromatic carbocycles. The zero-order valence-electron chi connectivity index (χ0n) is 20.3. The Labute approximate surface area is 214 Å². The van der Waals surface area contributed by atoms with E-state index in [4.69, 9.17) is 14.2 Å². The molecule has 182 valence electrons. The highest BCUT2D eigenvalue weighted by Gasteiger charge is 2.36. The number of hydrogen-bond donors (Lipinski definition) is 1. The van der Waals surface area contributed by atoms with Crippen molar-refractivity contribution in [1.82, 2.24) is 15.5 Å². The Morgan fingerprint density at radius 3 is 2.42 bits per heavy atom. The third kappa shape index (κ3) is 4.59. The monoisotopic (exact) mass is 498 g/mol. The van der Waals surface area contributed by atoms with Gasteiger partial charge in [-0.2, -0.15) is 4.98 Å². The Balaban J connectivity index is 1.61. The third-order valence-electron chi connectivity index (χ3n) is 6.03. The molecule has 1 aromatic heterocycles. The average Bonchev–Trinajstić information content (AvgIpc) is 3.40. The predicted octanol–water partition coefficient (Wildman–Crippen LogP) is 6.56. The van der Waals surface area contributed by atoms with Crippen molar-refractivity contribution in [2.24, 2.45) is 0 Å². The van der Waals surface area contributed by atoms with Crippen molar-refractivity contribution in [2.45, 2.75) is 24.8 Å². The quantitative estimate of drug-likeness (QED) is 0.291. The van der Waals surface area contributed by atoms with Crippen LogP contribution in [0.15, 0.2) is 94.0 Å². The number of amides is 2. The topological polar surface area (TPSA) is 80.5 Å². The Hall–Kier alpha value is -4.04. The Kier molecular flexibility index (Phi) is 6.77. The van der Waals surface area contributed by atoms with E-state index in [1.54, 1.807) is 16.7 Å². The maximum Gasteiger partial charge on any atom is 0.326 e. The molecule has 2 heterocycles. The van der Waals surface area contributed by atoms with Gasteiger partial charge in [-0.15, -0.1) is 11.8 Å². The van der Waals surface area contributed by atoms with E-state index in [1.807, 2.05) is 99.0 Å². The fourth-order valence-corrected chi connectivity index (χ4v) is 4.68. The molecule has 5 rings (SSSR count). The summed E-state index contributed by atoms with van der Waals surface area (Å²) in [6, 6.07) is 24.5. The number of nitrogens with zero attached hydrogens (tertiary/aromatic N) is 3. The summed E-state index contributed by atoms with van der Waals surface area (Å²) in [7, 11) is 0. The molecule has 36 heavy (non-hydrogen) atoms. The highest BCUT2D eigenvalue weighted by atomic mass is 32.2. The lowest BCUT2D eigenvalue weighted by molar-refractivity contribution is 0.244. The Morgan fingerprint density at radius 1 is 1.03 bits per heavy atom. The van der Waals surface area contributed by atoms with E-state index in [9.17, 15) is 4.79 Å². The van der Waals surface area contributed by atoms with Crippen LogP contribution in [0.5, 0.6) is 5.75 Å². The van der Waals surface area contributed by atoms with Crippen LogP contribution in [0.2, 0.25) is 0 Å². The molecule has 1 aliphatic rings. The molecule has 7 nitrogen and oxygen atoms in total. The van der Waals surface area contributed by atoms with E-state index in [1.165, 1.54) is 0 Å². The van der Waals surface area contributed by atoms with E-state index < -0.39 is 6.04 Å². The second kappa shape index (κ2) is 10.3. The van der Waals surface area contributed by atoms with Crippen LogP contribution in [0.4, 0.5) is 10.5 Å². The van der Waals surface area contributed by atoms with E-state index in [0.717, 1.165) is 38.7 Å². The van der Waals surface area contributed by atoms with Gasteiger partial charge < -0.3 is 14.6 Å². The van der Waals surface area contributed by atoms with Gasteiger partial charge in [-0.1, -0.05) is 47.6 Å². The number of ether oxygens (including phenoxy) is 1. The molecule has 4 aromatic rings. The van der Waals surface area contributed by atoms with Gasteiger partial charge in [0.15, 0.2) is 0 Å². The summed E-state index contributed by atoms with van der Waals surface area (Å²) in [5.74, 6) is 1.62. The molecule has 0 saturated heterocycles.